The number of benzene rings is 1. The van der Waals surface area contributed by atoms with E-state index < -0.39 is 0 Å². The molecule has 0 spiro atoms. The van der Waals surface area contributed by atoms with Gasteiger partial charge in [0.05, 0.1) is 11.4 Å². The molecule has 0 N–H and O–H groups in total. The summed E-state index contributed by atoms with van der Waals surface area (Å²) in [6.45, 7) is 12.3. The highest BCUT2D eigenvalue weighted by atomic mass is 15.2. The third-order valence-corrected chi connectivity index (χ3v) is 2.92. The lowest BCUT2D eigenvalue weighted by atomic mass is 10.2. The van der Waals surface area contributed by atoms with E-state index in [1.165, 1.54) is 17.8 Å². The van der Waals surface area contributed by atoms with Gasteiger partial charge in [0.25, 0.3) is 0 Å². The van der Waals surface area contributed by atoms with Crippen molar-refractivity contribution in [3.05, 3.63) is 36.5 Å². The summed E-state index contributed by atoms with van der Waals surface area (Å²) in [5.41, 5.74) is 3.71. The van der Waals surface area contributed by atoms with E-state index in [2.05, 4.69) is 54.6 Å². The van der Waals surface area contributed by atoms with Gasteiger partial charge in [-0.3, -0.25) is 0 Å². The molecular weight excluding hydrogens is 208 g/mol. The molecule has 2 heteroatoms. The molecule has 0 saturated heterocycles. The van der Waals surface area contributed by atoms with E-state index in [1.54, 1.807) is 0 Å². The first kappa shape index (κ1) is 13.6. The molecule has 2 nitrogen and oxygen atoms in total. The lowest BCUT2D eigenvalue weighted by Gasteiger charge is -2.25. The molecule has 0 radical (unpaired) electrons. The molecule has 0 amide bonds. The zero-order valence-corrected chi connectivity index (χ0v) is 11.5. The minimum atomic E-state index is 1.07. The van der Waals surface area contributed by atoms with Crippen LogP contribution in [-0.4, -0.2) is 20.1 Å². The monoisotopic (exact) mass is 232 g/mol. The summed E-state index contributed by atoms with van der Waals surface area (Å²) in [5.74, 6) is 0. The van der Waals surface area contributed by atoms with Gasteiger partial charge in [0.2, 0.25) is 0 Å². The zero-order chi connectivity index (χ0) is 12.8. The van der Waals surface area contributed by atoms with E-state index in [4.69, 9.17) is 0 Å². The Kier molecular flexibility index (Phi) is 5.08. The first-order valence-electron chi connectivity index (χ1n) is 6.43. The van der Waals surface area contributed by atoms with Crippen LogP contribution in [0.4, 0.5) is 11.4 Å². The van der Waals surface area contributed by atoms with E-state index in [0.29, 0.717) is 0 Å². The fourth-order valence-electron chi connectivity index (χ4n) is 2.12. The number of nitrogens with zero attached hydrogens (tertiary/aromatic N) is 2. The van der Waals surface area contributed by atoms with Crippen LogP contribution in [0.2, 0.25) is 0 Å². The summed E-state index contributed by atoms with van der Waals surface area (Å²) in [6, 6.07) is 8.54. The normalized spacial score (nSPS) is 14.4. The Bertz CT molecular complexity index is 371. The summed E-state index contributed by atoms with van der Waals surface area (Å²) >= 11 is 0. The average Bonchev–Trinajstić information content (AvgIpc) is 2.52. The van der Waals surface area contributed by atoms with Crippen molar-refractivity contribution in [2.45, 2.75) is 27.2 Å². The molecule has 0 aromatic heterocycles. The van der Waals surface area contributed by atoms with Crippen molar-refractivity contribution in [2.75, 3.05) is 29.9 Å². The molecule has 0 unspecified atom stereocenters. The molecule has 0 bridgehead atoms. The average molecular weight is 232 g/mol. The number of hydrogen-bond donors (Lipinski definition) is 0. The molecule has 94 valence electrons. The van der Waals surface area contributed by atoms with Crippen molar-refractivity contribution in [2.24, 2.45) is 0 Å². The van der Waals surface area contributed by atoms with Crippen LogP contribution in [-0.2, 0) is 0 Å². The van der Waals surface area contributed by atoms with Crippen LogP contribution in [0, 0.1) is 0 Å². The smallest absolute Gasteiger partial charge is 0.0645 e. The molecule has 0 saturated carbocycles. The van der Waals surface area contributed by atoms with Crippen molar-refractivity contribution in [1.29, 1.82) is 0 Å². The Morgan fingerprint density at radius 2 is 1.71 bits per heavy atom. The Hall–Kier alpha value is -1.44. The number of anilines is 2. The molecule has 1 aliphatic heterocycles. The van der Waals surface area contributed by atoms with Gasteiger partial charge in [0.15, 0.2) is 0 Å². The van der Waals surface area contributed by atoms with Gasteiger partial charge < -0.3 is 9.80 Å². The number of para-hydroxylation sites is 2. The molecular formula is C15H24N2. The van der Waals surface area contributed by atoms with Crippen LogP contribution in [0.15, 0.2) is 36.5 Å². The van der Waals surface area contributed by atoms with Gasteiger partial charge in [-0.1, -0.05) is 32.6 Å². The van der Waals surface area contributed by atoms with E-state index in [0.717, 1.165) is 18.8 Å². The Morgan fingerprint density at radius 1 is 1.12 bits per heavy atom. The van der Waals surface area contributed by atoms with Crippen molar-refractivity contribution in [3.8, 4) is 0 Å². The van der Waals surface area contributed by atoms with Crippen LogP contribution >= 0.6 is 0 Å². The van der Waals surface area contributed by atoms with Gasteiger partial charge in [-0.15, -0.1) is 0 Å². The van der Waals surface area contributed by atoms with Gasteiger partial charge in [0.1, 0.15) is 0 Å². The maximum Gasteiger partial charge on any atom is 0.0645 e. The Morgan fingerprint density at radius 3 is 2.29 bits per heavy atom. The van der Waals surface area contributed by atoms with E-state index in [-0.39, 0.29) is 0 Å². The lowest BCUT2D eigenvalue weighted by Crippen LogP contribution is -2.20. The second kappa shape index (κ2) is 6.33. The van der Waals surface area contributed by atoms with Crippen molar-refractivity contribution in [3.63, 3.8) is 0 Å². The predicted molar refractivity (Wildman–Crippen MR) is 77.8 cm³/mol. The molecule has 1 aromatic rings. The summed E-state index contributed by atoms with van der Waals surface area (Å²) in [4.78, 5) is 4.62. The summed E-state index contributed by atoms with van der Waals surface area (Å²) in [6.07, 6.45) is 1.18. The van der Waals surface area contributed by atoms with Crippen molar-refractivity contribution in [1.82, 2.24) is 0 Å². The largest absolute Gasteiger partial charge is 0.373 e. The molecule has 0 atom stereocenters. The predicted octanol–water partition coefficient (Wildman–Crippen LogP) is 3.89. The number of fused-ring (bicyclic) bond motifs is 1. The van der Waals surface area contributed by atoms with Crippen LogP contribution in [0.5, 0.6) is 0 Å². The van der Waals surface area contributed by atoms with E-state index in [1.807, 2.05) is 13.8 Å². The minimum Gasteiger partial charge on any atom is -0.373 e. The van der Waals surface area contributed by atoms with Crippen LogP contribution < -0.4 is 9.80 Å². The second-order valence-corrected chi connectivity index (χ2v) is 4.15. The van der Waals surface area contributed by atoms with E-state index >= 15 is 0 Å². The van der Waals surface area contributed by atoms with Gasteiger partial charge in [-0.05, 0) is 25.5 Å². The van der Waals surface area contributed by atoms with E-state index in [9.17, 15) is 0 Å². The maximum atomic E-state index is 4.05. The molecule has 0 aliphatic carbocycles. The van der Waals surface area contributed by atoms with Crippen LogP contribution in [0.25, 0.3) is 0 Å². The summed E-state index contributed by atoms with van der Waals surface area (Å²) < 4.78 is 0. The molecule has 1 heterocycles. The topological polar surface area (TPSA) is 6.48 Å². The quantitative estimate of drug-likeness (QED) is 0.724. The highest BCUT2D eigenvalue weighted by molar-refractivity contribution is 5.73. The highest BCUT2D eigenvalue weighted by Crippen LogP contribution is 2.32. The number of hydrogen-bond acceptors (Lipinski definition) is 2. The molecule has 1 aliphatic rings. The van der Waals surface area contributed by atoms with Gasteiger partial charge in [-0.2, -0.15) is 0 Å². The number of rotatable bonds is 1. The molecule has 0 fully saturated rings. The molecule has 17 heavy (non-hydrogen) atoms. The second-order valence-electron chi connectivity index (χ2n) is 4.15. The van der Waals surface area contributed by atoms with Gasteiger partial charge >= 0.3 is 0 Å². The van der Waals surface area contributed by atoms with Crippen LogP contribution in [0.1, 0.15) is 27.2 Å². The fraction of sp³-hybridized carbons (Fsp3) is 0.467. The molecule has 2 rings (SSSR count). The Balaban J connectivity index is 0.000000686. The van der Waals surface area contributed by atoms with Gasteiger partial charge in [-0.25, -0.2) is 0 Å². The minimum absolute atomic E-state index is 1.07. The first-order chi connectivity index (χ1) is 8.20. The Labute approximate surface area is 106 Å². The molecule has 1 aromatic carbocycles. The van der Waals surface area contributed by atoms with Crippen molar-refractivity contribution >= 4 is 11.4 Å². The zero-order valence-electron chi connectivity index (χ0n) is 11.5. The third-order valence-electron chi connectivity index (χ3n) is 2.92. The highest BCUT2D eigenvalue weighted by Gasteiger charge is 2.17. The van der Waals surface area contributed by atoms with Crippen LogP contribution in [0.3, 0.4) is 0 Å². The van der Waals surface area contributed by atoms with Gasteiger partial charge in [0, 0.05) is 25.8 Å². The number of allylic oxidation sites excluding steroid dienone is 1. The standard InChI is InChI=1S/C13H18N2.C2H6/c1-11(2)15-10-6-9-14(3)12-7-4-5-8-13(12)15;1-2/h4-5,7-8H,1,6,9-10H2,2-3H3;1-2H3. The lowest BCUT2D eigenvalue weighted by molar-refractivity contribution is 0.791. The maximum absolute atomic E-state index is 4.05. The first-order valence-corrected chi connectivity index (χ1v) is 6.43. The van der Waals surface area contributed by atoms with Crippen molar-refractivity contribution < 1.29 is 0 Å². The summed E-state index contributed by atoms with van der Waals surface area (Å²) in [5, 5.41) is 0. The SMILES string of the molecule is C=C(C)N1CCCN(C)c2ccccc21.CC. The fourth-order valence-corrected chi connectivity index (χ4v) is 2.12. The third kappa shape index (κ3) is 3.02. The summed E-state index contributed by atoms with van der Waals surface area (Å²) in [7, 11) is 2.15.